The van der Waals surface area contributed by atoms with E-state index < -0.39 is 0 Å². The van der Waals surface area contributed by atoms with E-state index in [9.17, 15) is 4.79 Å². The maximum atomic E-state index is 12.8. The van der Waals surface area contributed by atoms with Crippen LogP contribution in [0.1, 0.15) is 53.7 Å². The molecule has 2 saturated carbocycles. The maximum absolute atomic E-state index is 12.8. The number of aromatic nitrogens is 1. The van der Waals surface area contributed by atoms with E-state index in [0.717, 1.165) is 41.6 Å². The molecule has 25 heavy (non-hydrogen) atoms. The van der Waals surface area contributed by atoms with Crippen LogP contribution < -0.4 is 5.32 Å². The van der Waals surface area contributed by atoms with E-state index in [1.165, 1.54) is 25.7 Å². The second-order valence-corrected chi connectivity index (χ2v) is 7.83. The van der Waals surface area contributed by atoms with Gasteiger partial charge in [0.05, 0.1) is 24.6 Å². The fourth-order valence-electron chi connectivity index (χ4n) is 4.93. The minimum Gasteiger partial charge on any atom is -0.456 e. The van der Waals surface area contributed by atoms with Crippen molar-refractivity contribution in [2.45, 2.75) is 50.7 Å². The zero-order valence-electron chi connectivity index (χ0n) is 14.4. The summed E-state index contributed by atoms with van der Waals surface area (Å²) in [6.45, 7) is 1.17. The van der Waals surface area contributed by atoms with Crippen molar-refractivity contribution in [1.29, 1.82) is 0 Å². The summed E-state index contributed by atoms with van der Waals surface area (Å²) in [6, 6.07) is 0.473. The van der Waals surface area contributed by atoms with Crippen molar-refractivity contribution in [3.63, 3.8) is 0 Å². The van der Waals surface area contributed by atoms with Crippen LogP contribution in [0, 0.1) is 11.8 Å². The number of rotatable bonds is 4. The molecule has 3 aliphatic carbocycles. The van der Waals surface area contributed by atoms with Gasteiger partial charge in [-0.15, -0.1) is 0 Å². The monoisotopic (exact) mass is 340 g/mol. The summed E-state index contributed by atoms with van der Waals surface area (Å²) in [6.07, 6.45) is 12.6. The molecule has 2 heterocycles. The molecule has 1 aliphatic heterocycles. The standard InChI is InChI=1S/C20H24N2O3/c23-20(25-14-6-7-24-11-14)16-10-21-17-3-1-2-15(17)19(16)22-18-9-12-4-5-13(18)8-12/h1-2,10,12-14,18H,3-9,11H2,(H,21,22)/t12-,13+,14+,18+/m1/s1. The molecule has 1 saturated heterocycles. The summed E-state index contributed by atoms with van der Waals surface area (Å²) in [5.74, 6) is 1.32. The van der Waals surface area contributed by atoms with Crippen molar-refractivity contribution in [2.75, 3.05) is 18.5 Å². The highest BCUT2D eigenvalue weighted by molar-refractivity contribution is 5.98. The normalized spacial score (nSPS) is 32.2. The van der Waals surface area contributed by atoms with E-state index in [4.69, 9.17) is 9.47 Å². The number of nitrogens with one attached hydrogen (secondary N) is 1. The largest absolute Gasteiger partial charge is 0.456 e. The number of pyridine rings is 1. The lowest BCUT2D eigenvalue weighted by molar-refractivity contribution is 0.0271. The number of fused-ring (bicyclic) bond motifs is 3. The first kappa shape index (κ1) is 15.4. The van der Waals surface area contributed by atoms with Gasteiger partial charge in [-0.3, -0.25) is 4.98 Å². The first-order chi connectivity index (χ1) is 12.3. The average Bonchev–Trinajstić information content (AvgIpc) is 3.39. The van der Waals surface area contributed by atoms with Gasteiger partial charge in [0.2, 0.25) is 0 Å². The number of hydrogen-bond acceptors (Lipinski definition) is 5. The Morgan fingerprint density at radius 2 is 2.24 bits per heavy atom. The van der Waals surface area contributed by atoms with Gasteiger partial charge in [0.1, 0.15) is 11.7 Å². The van der Waals surface area contributed by atoms with Crippen molar-refractivity contribution < 1.29 is 14.3 Å². The minimum atomic E-state index is -0.281. The zero-order valence-corrected chi connectivity index (χ0v) is 14.4. The Morgan fingerprint density at radius 3 is 3.00 bits per heavy atom. The second-order valence-electron chi connectivity index (χ2n) is 7.83. The van der Waals surface area contributed by atoms with Gasteiger partial charge in [0.15, 0.2) is 0 Å². The highest BCUT2D eigenvalue weighted by atomic mass is 16.6. The number of carbonyl (C=O) groups is 1. The van der Waals surface area contributed by atoms with Gasteiger partial charge in [-0.2, -0.15) is 0 Å². The van der Waals surface area contributed by atoms with Crippen molar-refractivity contribution in [3.05, 3.63) is 29.1 Å². The van der Waals surface area contributed by atoms with Gasteiger partial charge in [0.25, 0.3) is 0 Å². The molecule has 0 spiro atoms. The molecule has 4 atom stereocenters. The van der Waals surface area contributed by atoms with Crippen LogP contribution in [-0.4, -0.2) is 36.3 Å². The summed E-state index contributed by atoms with van der Waals surface area (Å²) in [5.41, 5.74) is 3.62. The van der Waals surface area contributed by atoms with Crippen LogP contribution >= 0.6 is 0 Å². The molecule has 5 heteroatoms. The summed E-state index contributed by atoms with van der Waals surface area (Å²) >= 11 is 0. The van der Waals surface area contributed by atoms with Crippen LogP contribution in [0.15, 0.2) is 12.3 Å². The molecule has 0 radical (unpaired) electrons. The number of carbonyl (C=O) groups excluding carboxylic acids is 1. The molecular weight excluding hydrogens is 316 g/mol. The lowest BCUT2D eigenvalue weighted by atomic mass is 9.94. The zero-order chi connectivity index (χ0) is 16.8. The molecule has 0 unspecified atom stereocenters. The minimum absolute atomic E-state index is 0.133. The Kier molecular flexibility index (Phi) is 3.77. The number of esters is 1. The molecule has 1 aromatic heterocycles. The van der Waals surface area contributed by atoms with Gasteiger partial charge in [-0.1, -0.05) is 18.6 Å². The first-order valence-electron chi connectivity index (χ1n) is 9.51. The molecule has 0 aromatic carbocycles. The third-order valence-corrected chi connectivity index (χ3v) is 6.24. The molecule has 132 valence electrons. The van der Waals surface area contributed by atoms with Crippen LogP contribution in [-0.2, 0) is 15.9 Å². The van der Waals surface area contributed by atoms with Crippen molar-refractivity contribution in [2.24, 2.45) is 11.8 Å². The molecule has 4 aliphatic rings. The van der Waals surface area contributed by atoms with Crippen molar-refractivity contribution in [3.8, 4) is 0 Å². The van der Waals surface area contributed by atoms with E-state index in [1.807, 2.05) is 0 Å². The molecule has 5 rings (SSSR count). The average molecular weight is 340 g/mol. The van der Waals surface area contributed by atoms with E-state index in [0.29, 0.717) is 24.8 Å². The van der Waals surface area contributed by atoms with Gasteiger partial charge in [-0.25, -0.2) is 4.79 Å². The maximum Gasteiger partial charge on any atom is 0.342 e. The molecule has 1 N–H and O–H groups in total. The summed E-state index contributed by atoms with van der Waals surface area (Å²) < 4.78 is 11.0. The van der Waals surface area contributed by atoms with Crippen molar-refractivity contribution >= 4 is 17.7 Å². The predicted molar refractivity (Wildman–Crippen MR) is 94.5 cm³/mol. The molecule has 3 fully saturated rings. The van der Waals surface area contributed by atoms with Crippen LogP contribution in [0.2, 0.25) is 0 Å². The van der Waals surface area contributed by atoms with Crippen LogP contribution in [0.4, 0.5) is 5.69 Å². The number of nitrogens with zero attached hydrogens (tertiary/aromatic N) is 1. The van der Waals surface area contributed by atoms with Crippen LogP contribution in [0.3, 0.4) is 0 Å². The third-order valence-electron chi connectivity index (χ3n) is 6.24. The Balaban J connectivity index is 1.43. The van der Waals surface area contributed by atoms with E-state index in [2.05, 4.69) is 22.5 Å². The molecule has 2 bridgehead atoms. The summed E-state index contributed by atoms with van der Waals surface area (Å²) in [4.78, 5) is 17.3. The Bertz CT molecular complexity index is 724. The molecule has 1 aromatic rings. The SMILES string of the molecule is O=C(O[C@H]1CCOC1)c1cnc2c(c1N[C@H]1C[C@@H]3CC[C@H]1C3)C=CC2. The summed E-state index contributed by atoms with van der Waals surface area (Å²) in [7, 11) is 0. The first-order valence-corrected chi connectivity index (χ1v) is 9.51. The number of anilines is 1. The number of allylic oxidation sites excluding steroid dienone is 1. The summed E-state index contributed by atoms with van der Waals surface area (Å²) in [5, 5.41) is 3.72. The Morgan fingerprint density at radius 1 is 1.28 bits per heavy atom. The second kappa shape index (κ2) is 6.13. The van der Waals surface area contributed by atoms with Crippen LogP contribution in [0.25, 0.3) is 6.08 Å². The molecular formula is C20H24N2O3. The van der Waals surface area contributed by atoms with Gasteiger partial charge >= 0.3 is 5.97 Å². The number of ether oxygens (including phenoxy) is 2. The fourth-order valence-corrected chi connectivity index (χ4v) is 4.93. The quantitative estimate of drug-likeness (QED) is 0.853. The third kappa shape index (κ3) is 2.74. The fraction of sp³-hybridized carbons (Fsp3) is 0.600. The smallest absolute Gasteiger partial charge is 0.342 e. The number of hydrogen-bond donors (Lipinski definition) is 1. The van der Waals surface area contributed by atoms with Crippen molar-refractivity contribution in [1.82, 2.24) is 4.98 Å². The van der Waals surface area contributed by atoms with E-state index in [1.54, 1.807) is 6.20 Å². The Hall–Kier alpha value is -1.88. The topological polar surface area (TPSA) is 60.5 Å². The molecule has 5 nitrogen and oxygen atoms in total. The predicted octanol–water partition coefficient (Wildman–Crippen LogP) is 3.20. The Labute approximate surface area is 147 Å². The lowest BCUT2D eigenvalue weighted by Gasteiger charge is -2.26. The highest BCUT2D eigenvalue weighted by Crippen LogP contribution is 2.46. The van der Waals surface area contributed by atoms with E-state index in [-0.39, 0.29) is 12.1 Å². The van der Waals surface area contributed by atoms with E-state index >= 15 is 0 Å². The van der Waals surface area contributed by atoms with Gasteiger partial charge in [-0.05, 0) is 31.1 Å². The van der Waals surface area contributed by atoms with Gasteiger partial charge < -0.3 is 14.8 Å². The lowest BCUT2D eigenvalue weighted by Crippen LogP contribution is -2.28. The molecule has 0 amide bonds. The van der Waals surface area contributed by atoms with Gasteiger partial charge in [0, 0.05) is 30.6 Å². The van der Waals surface area contributed by atoms with Crippen LogP contribution in [0.5, 0.6) is 0 Å². The highest BCUT2D eigenvalue weighted by Gasteiger charge is 2.40.